The number of ether oxygens (including phenoxy) is 2. The largest absolute Gasteiger partial charge is 0.356 e. The third-order valence-corrected chi connectivity index (χ3v) is 3.73. The van der Waals surface area contributed by atoms with Crippen molar-refractivity contribution in [3.63, 3.8) is 0 Å². The molecule has 0 aliphatic carbocycles. The summed E-state index contributed by atoms with van der Waals surface area (Å²) >= 11 is 0. The van der Waals surface area contributed by atoms with Crippen molar-refractivity contribution in [1.29, 1.82) is 0 Å². The maximum atomic E-state index is 5.72. The summed E-state index contributed by atoms with van der Waals surface area (Å²) in [6, 6.07) is 0.828. The highest BCUT2D eigenvalue weighted by atomic mass is 28.2. The van der Waals surface area contributed by atoms with Crippen LogP contribution in [0.25, 0.3) is 0 Å². The number of hydrogen-bond acceptors (Lipinski definition) is 4. The lowest BCUT2D eigenvalue weighted by Gasteiger charge is -2.20. The van der Waals surface area contributed by atoms with E-state index in [9.17, 15) is 0 Å². The van der Waals surface area contributed by atoms with Crippen LogP contribution in [0.3, 0.4) is 0 Å². The van der Waals surface area contributed by atoms with Gasteiger partial charge in [0.05, 0.1) is 13.2 Å². The summed E-state index contributed by atoms with van der Waals surface area (Å²) in [5, 5.41) is 0. The van der Waals surface area contributed by atoms with E-state index in [1.54, 1.807) is 0 Å². The van der Waals surface area contributed by atoms with E-state index in [1.807, 2.05) is 28.2 Å². The number of terminal acetylenes is 1. The van der Waals surface area contributed by atoms with Gasteiger partial charge in [0.25, 0.3) is 0 Å². The van der Waals surface area contributed by atoms with Crippen molar-refractivity contribution in [2.45, 2.75) is 12.0 Å². The Morgan fingerprint density at radius 3 is 1.88 bits per heavy atom. The number of hydrogen-bond donors (Lipinski definition) is 0. The molecule has 0 aromatic carbocycles. The zero-order chi connectivity index (χ0) is 13.1. The predicted molar refractivity (Wildman–Crippen MR) is 75.0 cm³/mol. The van der Waals surface area contributed by atoms with Crippen molar-refractivity contribution in [3.05, 3.63) is 0 Å². The lowest BCUT2D eigenvalue weighted by Crippen LogP contribution is -2.31. The zero-order valence-corrected chi connectivity index (χ0v) is 13.0. The van der Waals surface area contributed by atoms with Gasteiger partial charge in [-0.15, -0.1) is 12.3 Å². The molecule has 0 saturated heterocycles. The highest BCUT2D eigenvalue weighted by molar-refractivity contribution is 6.37. The van der Waals surface area contributed by atoms with Crippen LogP contribution < -0.4 is 0 Å². The summed E-state index contributed by atoms with van der Waals surface area (Å²) in [5.41, 5.74) is 0. The van der Waals surface area contributed by atoms with Crippen LogP contribution in [-0.2, 0) is 9.47 Å². The minimum absolute atomic E-state index is 0.0362. The summed E-state index contributed by atoms with van der Waals surface area (Å²) in [7, 11) is 7.65. The van der Waals surface area contributed by atoms with Crippen molar-refractivity contribution >= 4 is 9.52 Å². The monoisotopic (exact) mass is 258 g/mol. The van der Waals surface area contributed by atoms with E-state index >= 15 is 0 Å². The summed E-state index contributed by atoms with van der Waals surface area (Å²) in [6.07, 6.45) is 5.29. The van der Waals surface area contributed by atoms with Gasteiger partial charge in [-0.3, -0.25) is 0 Å². The normalized spacial score (nSPS) is 12.1. The molecule has 0 rings (SSSR count). The van der Waals surface area contributed by atoms with E-state index in [-0.39, 0.29) is 5.91 Å². The molecule has 0 heterocycles. The number of likely N-dealkylation sites (N-methyl/N-ethyl adjacent to an activating group) is 2. The van der Waals surface area contributed by atoms with E-state index in [2.05, 4.69) is 15.7 Å². The van der Waals surface area contributed by atoms with Crippen molar-refractivity contribution in [2.24, 2.45) is 0 Å². The van der Waals surface area contributed by atoms with Crippen LogP contribution in [0.4, 0.5) is 0 Å². The molecule has 0 amide bonds. The topological polar surface area (TPSA) is 24.9 Å². The second-order valence-electron chi connectivity index (χ2n) is 4.52. The van der Waals surface area contributed by atoms with Crippen molar-refractivity contribution in [2.75, 3.05) is 54.5 Å². The fourth-order valence-electron chi connectivity index (χ4n) is 1.15. The van der Waals surface area contributed by atoms with Crippen LogP contribution in [-0.4, -0.2) is 79.7 Å². The summed E-state index contributed by atoms with van der Waals surface area (Å²) in [6.45, 7) is 3.24. The van der Waals surface area contributed by atoms with Crippen LogP contribution in [0.1, 0.15) is 0 Å². The standard InChI is InChI=1S/C12H26N2O2Si/c1-6-11-17-12(15-9-7-13(2)3)16-10-8-14(4)5/h1,12H,7-11,17H2,2-5H3. The van der Waals surface area contributed by atoms with Gasteiger partial charge >= 0.3 is 0 Å². The lowest BCUT2D eigenvalue weighted by molar-refractivity contribution is -0.0947. The summed E-state index contributed by atoms with van der Waals surface area (Å²) < 4.78 is 11.4. The molecule has 0 spiro atoms. The molecule has 0 radical (unpaired) electrons. The maximum Gasteiger partial charge on any atom is 0.136 e. The van der Waals surface area contributed by atoms with Gasteiger partial charge in [0.15, 0.2) is 0 Å². The van der Waals surface area contributed by atoms with Gasteiger partial charge in [-0.25, -0.2) is 0 Å². The Bertz CT molecular complexity index is 203. The molecule has 0 aromatic rings. The smallest absolute Gasteiger partial charge is 0.136 e. The van der Waals surface area contributed by atoms with Crippen LogP contribution in [0.2, 0.25) is 6.04 Å². The fraction of sp³-hybridized carbons (Fsp3) is 0.833. The highest BCUT2D eigenvalue weighted by Crippen LogP contribution is 1.97. The first-order chi connectivity index (χ1) is 8.06. The van der Waals surface area contributed by atoms with Gasteiger partial charge in [-0.05, 0) is 28.2 Å². The lowest BCUT2D eigenvalue weighted by atomic mass is 10.6. The molecule has 0 aliphatic rings. The third kappa shape index (κ3) is 11.9. The molecule has 4 nitrogen and oxygen atoms in total. The molecular weight excluding hydrogens is 232 g/mol. The summed E-state index contributed by atoms with van der Waals surface area (Å²) in [5.74, 6) is 2.64. The number of nitrogens with zero attached hydrogens (tertiary/aromatic N) is 2. The molecule has 0 bridgehead atoms. The minimum atomic E-state index is -0.482. The first-order valence-electron chi connectivity index (χ1n) is 6.02. The molecule has 100 valence electrons. The van der Waals surface area contributed by atoms with Crippen LogP contribution in [0.15, 0.2) is 0 Å². The molecule has 0 N–H and O–H groups in total. The van der Waals surface area contributed by atoms with Gasteiger partial charge in [-0.2, -0.15) is 0 Å². The zero-order valence-electron chi connectivity index (χ0n) is 11.6. The molecule has 17 heavy (non-hydrogen) atoms. The van der Waals surface area contributed by atoms with Crippen molar-refractivity contribution in [1.82, 2.24) is 9.80 Å². The van der Waals surface area contributed by atoms with Gasteiger partial charge < -0.3 is 19.3 Å². The molecule has 0 aliphatic heterocycles. The predicted octanol–water partition coefficient (Wildman–Crippen LogP) is -0.353. The Labute approximate surface area is 108 Å². The van der Waals surface area contributed by atoms with Crippen molar-refractivity contribution < 1.29 is 9.47 Å². The Balaban J connectivity index is 3.76. The molecule has 0 aromatic heterocycles. The van der Waals surface area contributed by atoms with E-state index in [0.717, 1.165) is 19.1 Å². The van der Waals surface area contributed by atoms with Crippen LogP contribution in [0, 0.1) is 12.3 Å². The van der Waals surface area contributed by atoms with Crippen molar-refractivity contribution in [3.8, 4) is 12.3 Å². The van der Waals surface area contributed by atoms with Crippen LogP contribution >= 0.6 is 0 Å². The average molecular weight is 258 g/mol. The molecule has 5 heteroatoms. The highest BCUT2D eigenvalue weighted by Gasteiger charge is 2.09. The number of rotatable bonds is 10. The average Bonchev–Trinajstić information content (AvgIpc) is 2.24. The molecular formula is C12H26N2O2Si. The second kappa shape index (κ2) is 10.8. The van der Waals surface area contributed by atoms with E-state index in [1.165, 1.54) is 0 Å². The quantitative estimate of drug-likeness (QED) is 0.304. The fourth-order valence-corrected chi connectivity index (χ4v) is 2.22. The van der Waals surface area contributed by atoms with Gasteiger partial charge in [0.2, 0.25) is 0 Å². The SMILES string of the molecule is C#CC[SiH2]C(OCCN(C)C)OCCN(C)C. The van der Waals surface area contributed by atoms with E-state index in [4.69, 9.17) is 15.9 Å². The minimum Gasteiger partial charge on any atom is -0.356 e. The second-order valence-corrected chi connectivity index (χ2v) is 6.26. The molecule has 0 unspecified atom stereocenters. The summed E-state index contributed by atoms with van der Waals surface area (Å²) in [4.78, 5) is 4.19. The van der Waals surface area contributed by atoms with Gasteiger partial charge in [0, 0.05) is 19.1 Å². The first kappa shape index (κ1) is 16.6. The molecule has 0 fully saturated rings. The Hall–Kier alpha value is -0.383. The van der Waals surface area contributed by atoms with E-state index < -0.39 is 9.52 Å². The first-order valence-corrected chi connectivity index (χ1v) is 7.84. The Morgan fingerprint density at radius 2 is 1.53 bits per heavy atom. The van der Waals surface area contributed by atoms with Gasteiger partial charge in [0.1, 0.15) is 15.4 Å². The maximum absolute atomic E-state index is 5.72. The Morgan fingerprint density at radius 1 is 1.06 bits per heavy atom. The molecule has 0 saturated carbocycles. The molecule has 0 atom stereocenters. The van der Waals surface area contributed by atoms with Gasteiger partial charge in [-0.1, -0.05) is 0 Å². The Kier molecular flexibility index (Phi) is 10.5. The third-order valence-electron chi connectivity index (χ3n) is 2.21. The van der Waals surface area contributed by atoms with Crippen LogP contribution in [0.5, 0.6) is 0 Å². The van der Waals surface area contributed by atoms with E-state index in [0.29, 0.717) is 13.2 Å².